The van der Waals surface area contributed by atoms with Crippen molar-refractivity contribution in [1.29, 1.82) is 0 Å². The van der Waals surface area contributed by atoms with Crippen molar-refractivity contribution in [2.75, 3.05) is 32.8 Å². The Hall–Kier alpha value is -2.40. The number of ether oxygens (including phenoxy) is 1. The minimum Gasteiger partial charge on any atom is -0.493 e. The van der Waals surface area contributed by atoms with Crippen LogP contribution in [0.2, 0.25) is 0 Å². The van der Waals surface area contributed by atoms with E-state index in [9.17, 15) is 4.79 Å². The van der Waals surface area contributed by atoms with Crippen LogP contribution in [0.25, 0.3) is 0 Å². The highest BCUT2D eigenvalue weighted by molar-refractivity contribution is 5.92. The van der Waals surface area contributed by atoms with Crippen molar-refractivity contribution >= 4 is 5.91 Å². The molecule has 0 bridgehead atoms. The number of hydrogen-bond acceptors (Lipinski definition) is 4. The predicted octanol–water partition coefficient (Wildman–Crippen LogP) is 2.28. The number of carbonyl (C=O) groups is 1. The van der Waals surface area contributed by atoms with Crippen molar-refractivity contribution in [2.45, 2.75) is 19.9 Å². The van der Waals surface area contributed by atoms with E-state index in [1.807, 2.05) is 24.0 Å². The molecule has 0 aliphatic carbocycles. The summed E-state index contributed by atoms with van der Waals surface area (Å²) < 4.78 is 5.57. The fraction of sp³-hybridized carbons (Fsp3) is 0.400. The van der Waals surface area contributed by atoms with E-state index in [1.165, 1.54) is 11.1 Å². The Morgan fingerprint density at radius 3 is 2.80 bits per heavy atom. The van der Waals surface area contributed by atoms with Crippen molar-refractivity contribution < 1.29 is 9.53 Å². The highest BCUT2D eigenvalue weighted by Gasteiger charge is 2.23. The van der Waals surface area contributed by atoms with Gasteiger partial charge in [0, 0.05) is 44.8 Å². The lowest BCUT2D eigenvalue weighted by Gasteiger charge is -2.34. The molecule has 1 amide bonds. The zero-order valence-corrected chi connectivity index (χ0v) is 14.6. The molecule has 0 spiro atoms. The van der Waals surface area contributed by atoms with Crippen molar-refractivity contribution in [2.24, 2.45) is 0 Å². The molecule has 0 saturated carbocycles. The molecule has 3 heterocycles. The van der Waals surface area contributed by atoms with E-state index < -0.39 is 0 Å². The second kappa shape index (κ2) is 6.84. The molecule has 2 aliphatic rings. The zero-order chi connectivity index (χ0) is 17.2. The molecule has 1 saturated heterocycles. The molecule has 1 aromatic carbocycles. The van der Waals surface area contributed by atoms with Gasteiger partial charge in [-0.15, -0.1) is 0 Å². The van der Waals surface area contributed by atoms with Crippen LogP contribution >= 0.6 is 0 Å². The van der Waals surface area contributed by atoms with Crippen LogP contribution in [0.3, 0.4) is 0 Å². The largest absolute Gasteiger partial charge is 0.493 e. The van der Waals surface area contributed by atoms with Crippen LogP contribution in [0, 0.1) is 6.92 Å². The Morgan fingerprint density at radius 1 is 1.16 bits per heavy atom. The van der Waals surface area contributed by atoms with E-state index in [4.69, 9.17) is 4.74 Å². The van der Waals surface area contributed by atoms with Gasteiger partial charge in [-0.25, -0.2) is 4.98 Å². The summed E-state index contributed by atoms with van der Waals surface area (Å²) in [5.41, 5.74) is 4.07. The van der Waals surface area contributed by atoms with Crippen LogP contribution in [-0.2, 0) is 13.0 Å². The molecule has 25 heavy (non-hydrogen) atoms. The van der Waals surface area contributed by atoms with Gasteiger partial charge in [0.25, 0.3) is 5.91 Å². The number of piperazine rings is 1. The molecule has 0 atom stereocenters. The van der Waals surface area contributed by atoms with Gasteiger partial charge < -0.3 is 9.64 Å². The average molecular weight is 337 g/mol. The molecule has 1 aromatic heterocycles. The molecule has 5 nitrogen and oxygen atoms in total. The maximum Gasteiger partial charge on any atom is 0.272 e. The molecule has 0 radical (unpaired) electrons. The minimum absolute atomic E-state index is 0.0398. The van der Waals surface area contributed by atoms with E-state index in [2.05, 4.69) is 28.1 Å². The first-order valence-electron chi connectivity index (χ1n) is 8.89. The van der Waals surface area contributed by atoms with E-state index in [1.54, 1.807) is 6.07 Å². The predicted molar refractivity (Wildman–Crippen MR) is 95.8 cm³/mol. The first-order chi connectivity index (χ1) is 12.2. The summed E-state index contributed by atoms with van der Waals surface area (Å²) in [5, 5.41) is 0. The standard InChI is InChI=1S/C20H23N3O2/c1-15-3-2-4-18(21-15)20(24)23-10-8-22(9-11-23)14-16-5-6-19-17(13-16)7-12-25-19/h2-6,13H,7-12,14H2,1H3. The first-order valence-corrected chi connectivity index (χ1v) is 8.89. The second-order valence-corrected chi connectivity index (χ2v) is 6.77. The highest BCUT2D eigenvalue weighted by atomic mass is 16.5. The second-order valence-electron chi connectivity index (χ2n) is 6.77. The van der Waals surface area contributed by atoms with Crippen LogP contribution in [0.5, 0.6) is 5.75 Å². The van der Waals surface area contributed by atoms with Crippen molar-refractivity contribution in [3.05, 3.63) is 58.9 Å². The first kappa shape index (κ1) is 16.1. The molecule has 5 heteroatoms. The van der Waals surface area contributed by atoms with Gasteiger partial charge in [0.1, 0.15) is 11.4 Å². The van der Waals surface area contributed by atoms with Gasteiger partial charge in [0.05, 0.1) is 6.61 Å². The molecule has 130 valence electrons. The molecular formula is C20H23N3O2. The normalized spacial score (nSPS) is 17.2. The van der Waals surface area contributed by atoms with Crippen molar-refractivity contribution in [3.8, 4) is 5.75 Å². The number of rotatable bonds is 3. The van der Waals surface area contributed by atoms with E-state index in [0.29, 0.717) is 5.69 Å². The lowest BCUT2D eigenvalue weighted by atomic mass is 10.1. The monoisotopic (exact) mass is 337 g/mol. The number of amides is 1. The van der Waals surface area contributed by atoms with Gasteiger partial charge in [0.15, 0.2) is 0 Å². The lowest BCUT2D eigenvalue weighted by Crippen LogP contribution is -2.48. The minimum atomic E-state index is 0.0398. The number of aromatic nitrogens is 1. The van der Waals surface area contributed by atoms with Gasteiger partial charge >= 0.3 is 0 Å². The third-order valence-corrected chi connectivity index (χ3v) is 4.93. The smallest absolute Gasteiger partial charge is 0.272 e. The van der Waals surface area contributed by atoms with E-state index in [-0.39, 0.29) is 5.91 Å². The molecule has 1 fully saturated rings. The van der Waals surface area contributed by atoms with Crippen LogP contribution in [0.1, 0.15) is 27.3 Å². The summed E-state index contributed by atoms with van der Waals surface area (Å²) in [6, 6.07) is 12.1. The lowest BCUT2D eigenvalue weighted by molar-refractivity contribution is 0.0622. The van der Waals surface area contributed by atoms with Gasteiger partial charge in [0.2, 0.25) is 0 Å². The van der Waals surface area contributed by atoms with Gasteiger partial charge in [-0.1, -0.05) is 18.2 Å². The molecular weight excluding hydrogens is 314 g/mol. The number of benzene rings is 1. The molecule has 0 unspecified atom stereocenters. The number of fused-ring (bicyclic) bond motifs is 1. The number of nitrogens with zero attached hydrogens (tertiary/aromatic N) is 3. The van der Waals surface area contributed by atoms with Gasteiger partial charge in [-0.05, 0) is 36.2 Å². The SMILES string of the molecule is Cc1cccc(C(=O)N2CCN(Cc3ccc4c(c3)CCO4)CC2)n1. The summed E-state index contributed by atoms with van der Waals surface area (Å²) in [5.74, 6) is 1.07. The molecule has 0 N–H and O–H groups in total. The molecule has 2 aliphatic heterocycles. The fourth-order valence-electron chi connectivity index (χ4n) is 3.53. The van der Waals surface area contributed by atoms with Crippen LogP contribution in [-0.4, -0.2) is 53.5 Å². The number of carbonyl (C=O) groups excluding carboxylic acids is 1. The average Bonchev–Trinajstić information content (AvgIpc) is 3.09. The summed E-state index contributed by atoms with van der Waals surface area (Å²) >= 11 is 0. The Bertz CT molecular complexity index is 782. The van der Waals surface area contributed by atoms with Gasteiger partial charge in [-0.3, -0.25) is 9.69 Å². The Labute approximate surface area is 148 Å². The number of aryl methyl sites for hydroxylation is 1. The van der Waals surface area contributed by atoms with Crippen LogP contribution < -0.4 is 4.74 Å². The quantitative estimate of drug-likeness (QED) is 0.862. The van der Waals surface area contributed by atoms with Crippen molar-refractivity contribution in [1.82, 2.24) is 14.8 Å². The third kappa shape index (κ3) is 3.51. The van der Waals surface area contributed by atoms with Crippen molar-refractivity contribution in [3.63, 3.8) is 0 Å². The van der Waals surface area contributed by atoms with Crippen LogP contribution in [0.4, 0.5) is 0 Å². The number of hydrogen-bond donors (Lipinski definition) is 0. The van der Waals surface area contributed by atoms with E-state index >= 15 is 0 Å². The summed E-state index contributed by atoms with van der Waals surface area (Å²) in [4.78, 5) is 21.2. The topological polar surface area (TPSA) is 45.7 Å². The van der Waals surface area contributed by atoms with E-state index in [0.717, 1.165) is 57.2 Å². The third-order valence-electron chi connectivity index (χ3n) is 4.93. The Kier molecular flexibility index (Phi) is 4.40. The molecule has 2 aromatic rings. The molecule has 4 rings (SSSR count). The Morgan fingerprint density at radius 2 is 2.00 bits per heavy atom. The fourth-order valence-corrected chi connectivity index (χ4v) is 3.53. The summed E-state index contributed by atoms with van der Waals surface area (Å²) in [7, 11) is 0. The highest BCUT2D eigenvalue weighted by Crippen LogP contribution is 2.26. The number of pyridine rings is 1. The summed E-state index contributed by atoms with van der Waals surface area (Å²) in [6.07, 6.45) is 1.01. The summed E-state index contributed by atoms with van der Waals surface area (Å²) in [6.45, 7) is 6.93. The van der Waals surface area contributed by atoms with Gasteiger partial charge in [-0.2, -0.15) is 0 Å². The maximum atomic E-state index is 12.6. The zero-order valence-electron chi connectivity index (χ0n) is 14.6. The van der Waals surface area contributed by atoms with Crippen LogP contribution in [0.15, 0.2) is 36.4 Å². The maximum absolute atomic E-state index is 12.6. The Balaban J connectivity index is 1.34.